The molecule has 216 valence electrons. The fourth-order valence-electron chi connectivity index (χ4n) is 5.68. The normalized spacial score (nSPS) is 13.7. The second-order valence-electron chi connectivity index (χ2n) is 10.4. The van der Waals surface area contributed by atoms with Crippen LogP contribution in [0.15, 0.2) is 77.9 Å². The molecule has 2 aromatic carbocycles. The van der Waals surface area contributed by atoms with Gasteiger partial charge >= 0.3 is 0 Å². The Labute approximate surface area is 246 Å². The van der Waals surface area contributed by atoms with Gasteiger partial charge in [0.1, 0.15) is 12.0 Å². The minimum atomic E-state index is -0.280. The van der Waals surface area contributed by atoms with E-state index in [1.807, 2.05) is 59.5 Å². The number of methoxy groups -OCH3 is 1. The van der Waals surface area contributed by atoms with Gasteiger partial charge in [0, 0.05) is 62.4 Å². The number of carbonyl (C=O) groups excluding carboxylic acids is 1. The first-order valence-electron chi connectivity index (χ1n) is 14.0. The molecule has 0 radical (unpaired) electrons. The molecular formula is C31H29N9O3. The number of pyridine rings is 1. The first-order chi connectivity index (χ1) is 21.0. The smallest absolute Gasteiger partial charge is 0.284 e. The number of aryl methyl sites for hydroxylation is 1. The van der Waals surface area contributed by atoms with Crippen LogP contribution in [-0.4, -0.2) is 79.8 Å². The molecule has 4 aromatic heterocycles. The van der Waals surface area contributed by atoms with Crippen LogP contribution in [0.25, 0.3) is 33.4 Å². The van der Waals surface area contributed by atoms with E-state index in [0.29, 0.717) is 41.5 Å². The van der Waals surface area contributed by atoms with Crippen molar-refractivity contribution in [2.75, 3.05) is 50.1 Å². The molecule has 0 spiro atoms. The maximum Gasteiger partial charge on any atom is 0.284 e. The maximum atomic E-state index is 13.8. The molecule has 1 N–H and O–H groups in total. The summed E-state index contributed by atoms with van der Waals surface area (Å²) in [4.78, 5) is 48.4. The number of fused-ring (bicyclic) bond motifs is 4. The van der Waals surface area contributed by atoms with Gasteiger partial charge in [0.2, 0.25) is 11.9 Å². The number of nitrogens with zero attached hydrogens (tertiary/aromatic N) is 8. The van der Waals surface area contributed by atoms with E-state index in [9.17, 15) is 9.59 Å². The molecule has 12 heteroatoms. The first kappa shape index (κ1) is 26.5. The van der Waals surface area contributed by atoms with Crippen molar-refractivity contribution in [3.63, 3.8) is 0 Å². The highest BCUT2D eigenvalue weighted by atomic mass is 16.5. The van der Waals surface area contributed by atoms with E-state index in [1.165, 1.54) is 17.8 Å². The predicted molar refractivity (Wildman–Crippen MR) is 164 cm³/mol. The molecule has 43 heavy (non-hydrogen) atoms. The molecule has 7 rings (SSSR count). The molecule has 5 heterocycles. The molecule has 6 aromatic rings. The van der Waals surface area contributed by atoms with Gasteiger partial charge in [-0.3, -0.25) is 9.59 Å². The Kier molecular flexibility index (Phi) is 6.67. The van der Waals surface area contributed by atoms with Crippen molar-refractivity contribution in [1.82, 2.24) is 34.0 Å². The highest BCUT2D eigenvalue weighted by Gasteiger charge is 2.22. The van der Waals surface area contributed by atoms with Gasteiger partial charge in [0.25, 0.3) is 5.56 Å². The fraction of sp³-hybridized carbons (Fsp3) is 0.226. The SMILES string of the molecule is COCC(=O)N1CCN(c2ccc(Nc3ncc4c(=O)n5c(nc4n3)c3ccccc3n5-c3ccccn3)cc2C)CC1. The Hall–Kier alpha value is -5.36. The number of ether oxygens (including phenoxy) is 1. The lowest BCUT2D eigenvalue weighted by Gasteiger charge is -2.36. The number of carbonyl (C=O) groups is 1. The van der Waals surface area contributed by atoms with E-state index in [0.717, 1.165) is 40.9 Å². The number of hydrogen-bond donors (Lipinski definition) is 1. The Balaban J connectivity index is 1.19. The molecule has 12 nitrogen and oxygen atoms in total. The van der Waals surface area contributed by atoms with Gasteiger partial charge in [-0.05, 0) is 55.0 Å². The van der Waals surface area contributed by atoms with Crippen molar-refractivity contribution in [3.05, 3.63) is 89.0 Å². The Bertz CT molecular complexity index is 2050. The zero-order valence-corrected chi connectivity index (χ0v) is 23.8. The number of nitrogens with one attached hydrogen (secondary N) is 1. The summed E-state index contributed by atoms with van der Waals surface area (Å²) in [5, 5.41) is 4.39. The largest absolute Gasteiger partial charge is 0.375 e. The van der Waals surface area contributed by atoms with Crippen molar-refractivity contribution in [2.45, 2.75) is 6.92 Å². The Morgan fingerprint density at radius 2 is 1.77 bits per heavy atom. The molecule has 0 aliphatic carbocycles. The summed E-state index contributed by atoms with van der Waals surface area (Å²) < 4.78 is 8.29. The van der Waals surface area contributed by atoms with Gasteiger partial charge in [-0.15, -0.1) is 0 Å². The summed E-state index contributed by atoms with van der Waals surface area (Å²) in [5.74, 6) is 0.969. The van der Waals surface area contributed by atoms with Gasteiger partial charge in [0.05, 0.1) is 5.52 Å². The van der Waals surface area contributed by atoms with Crippen LogP contribution >= 0.6 is 0 Å². The third-order valence-electron chi connectivity index (χ3n) is 7.74. The van der Waals surface area contributed by atoms with Crippen LogP contribution in [0.5, 0.6) is 0 Å². The second-order valence-corrected chi connectivity index (χ2v) is 10.4. The van der Waals surface area contributed by atoms with Crippen LogP contribution in [0.2, 0.25) is 0 Å². The molecule has 1 amide bonds. The second kappa shape index (κ2) is 10.8. The number of rotatable bonds is 6. The zero-order valence-electron chi connectivity index (χ0n) is 23.8. The summed E-state index contributed by atoms with van der Waals surface area (Å²) in [6.07, 6.45) is 3.20. The van der Waals surface area contributed by atoms with E-state index in [4.69, 9.17) is 9.72 Å². The van der Waals surface area contributed by atoms with Crippen molar-refractivity contribution >= 4 is 50.8 Å². The van der Waals surface area contributed by atoms with Crippen LogP contribution in [0.3, 0.4) is 0 Å². The number of anilines is 3. The maximum absolute atomic E-state index is 13.8. The monoisotopic (exact) mass is 575 g/mol. The van der Waals surface area contributed by atoms with Gasteiger partial charge < -0.3 is 19.9 Å². The lowest BCUT2D eigenvalue weighted by Crippen LogP contribution is -2.49. The van der Waals surface area contributed by atoms with Gasteiger partial charge in [0.15, 0.2) is 17.1 Å². The fourth-order valence-corrected chi connectivity index (χ4v) is 5.68. The lowest BCUT2D eigenvalue weighted by atomic mass is 10.1. The number of hydrogen-bond acceptors (Lipinski definition) is 9. The van der Waals surface area contributed by atoms with E-state index in [1.54, 1.807) is 10.9 Å². The van der Waals surface area contributed by atoms with E-state index >= 15 is 0 Å². The molecule has 0 bridgehead atoms. The average Bonchev–Trinajstić information content (AvgIpc) is 3.36. The summed E-state index contributed by atoms with van der Waals surface area (Å²) >= 11 is 0. The van der Waals surface area contributed by atoms with Crippen molar-refractivity contribution in [2.24, 2.45) is 0 Å². The van der Waals surface area contributed by atoms with Crippen LogP contribution in [0, 0.1) is 6.92 Å². The molecule has 1 aliphatic rings. The predicted octanol–water partition coefficient (Wildman–Crippen LogP) is 3.32. The Morgan fingerprint density at radius 3 is 2.53 bits per heavy atom. The molecule has 0 saturated carbocycles. The molecule has 1 aliphatic heterocycles. The highest BCUT2D eigenvalue weighted by Crippen LogP contribution is 2.27. The zero-order chi connectivity index (χ0) is 29.5. The summed E-state index contributed by atoms with van der Waals surface area (Å²) in [5.41, 5.74) is 4.35. The third kappa shape index (κ3) is 4.71. The quantitative estimate of drug-likeness (QED) is 0.319. The highest BCUT2D eigenvalue weighted by molar-refractivity contribution is 5.95. The van der Waals surface area contributed by atoms with Gasteiger partial charge in [-0.1, -0.05) is 18.2 Å². The van der Waals surface area contributed by atoms with Crippen LogP contribution in [-0.2, 0) is 9.53 Å². The Morgan fingerprint density at radius 1 is 0.953 bits per heavy atom. The van der Waals surface area contributed by atoms with Crippen molar-refractivity contribution in [3.8, 4) is 5.82 Å². The summed E-state index contributed by atoms with van der Waals surface area (Å²) in [6, 6.07) is 19.4. The third-order valence-corrected chi connectivity index (χ3v) is 7.74. The topological polar surface area (TPSA) is 123 Å². The number of aromatic nitrogens is 6. The lowest BCUT2D eigenvalue weighted by molar-refractivity contribution is -0.135. The summed E-state index contributed by atoms with van der Waals surface area (Å²) in [6.45, 7) is 4.99. The van der Waals surface area contributed by atoms with E-state index < -0.39 is 0 Å². The minimum absolute atomic E-state index is 0.0191. The van der Waals surface area contributed by atoms with Gasteiger partial charge in [-0.2, -0.15) is 9.50 Å². The van der Waals surface area contributed by atoms with E-state index in [2.05, 4.69) is 38.2 Å². The van der Waals surface area contributed by atoms with Gasteiger partial charge in [-0.25, -0.2) is 19.6 Å². The minimum Gasteiger partial charge on any atom is -0.375 e. The van der Waals surface area contributed by atoms with Crippen molar-refractivity contribution < 1.29 is 9.53 Å². The standard InChI is InChI=1S/C31H29N9O3/c1-20-17-21(10-11-24(20)37-13-15-38(16-14-37)27(41)19-43-2)34-31-33-18-23-28(36-31)35-29-22-7-3-4-8-25(22)39(40(29)30(23)42)26-9-5-6-12-32-26/h3-12,17-18H,13-16,19H2,1-2H3,(H,33,34,36). The van der Waals surface area contributed by atoms with Crippen molar-refractivity contribution in [1.29, 1.82) is 0 Å². The van der Waals surface area contributed by atoms with Crippen LogP contribution in [0.4, 0.5) is 17.3 Å². The number of amides is 1. The number of para-hydroxylation sites is 1. The van der Waals surface area contributed by atoms with E-state index in [-0.39, 0.29) is 18.1 Å². The molecule has 1 saturated heterocycles. The molecule has 0 atom stereocenters. The van der Waals surface area contributed by atoms with Crippen LogP contribution < -0.4 is 15.8 Å². The summed E-state index contributed by atoms with van der Waals surface area (Å²) in [7, 11) is 1.54. The number of benzene rings is 2. The molecule has 0 unspecified atom stereocenters. The average molecular weight is 576 g/mol. The number of piperazine rings is 1. The molecule has 1 fully saturated rings. The molecular weight excluding hydrogens is 546 g/mol. The van der Waals surface area contributed by atoms with Crippen LogP contribution in [0.1, 0.15) is 5.56 Å². The first-order valence-corrected chi connectivity index (χ1v) is 14.0.